The van der Waals surface area contributed by atoms with Gasteiger partial charge in [-0.3, -0.25) is 9.69 Å². The number of piperazine rings is 1. The average molecular weight is 497 g/mol. The largest absolute Gasteiger partial charge is 0.433 e. The van der Waals surface area contributed by atoms with Gasteiger partial charge in [0.2, 0.25) is 0 Å². The summed E-state index contributed by atoms with van der Waals surface area (Å²) in [5.41, 5.74) is 1.44. The summed E-state index contributed by atoms with van der Waals surface area (Å²) >= 11 is 0. The predicted octanol–water partition coefficient (Wildman–Crippen LogP) is 4.82. The van der Waals surface area contributed by atoms with E-state index in [1.54, 1.807) is 4.90 Å². The monoisotopic (exact) mass is 497 g/mol. The first kappa shape index (κ1) is 23.9. The van der Waals surface area contributed by atoms with Crippen molar-refractivity contribution in [3.63, 3.8) is 0 Å². The summed E-state index contributed by atoms with van der Waals surface area (Å²) in [7, 11) is 0. The normalized spacial score (nSPS) is 15.0. The van der Waals surface area contributed by atoms with Crippen LogP contribution in [0.2, 0.25) is 0 Å². The molecular formula is C26H23F4N5O. The van der Waals surface area contributed by atoms with Crippen molar-refractivity contribution in [1.82, 2.24) is 24.4 Å². The molecule has 0 aliphatic carbocycles. The fourth-order valence-electron chi connectivity index (χ4n) is 4.39. The van der Waals surface area contributed by atoms with Crippen LogP contribution in [0.1, 0.15) is 27.3 Å². The molecule has 0 atom stereocenters. The van der Waals surface area contributed by atoms with E-state index in [1.165, 1.54) is 29.3 Å². The van der Waals surface area contributed by atoms with E-state index in [1.807, 2.05) is 19.1 Å². The number of halogens is 4. The van der Waals surface area contributed by atoms with E-state index in [4.69, 9.17) is 0 Å². The molecule has 0 N–H and O–H groups in total. The summed E-state index contributed by atoms with van der Waals surface area (Å²) in [6, 6.07) is 15.4. The summed E-state index contributed by atoms with van der Waals surface area (Å²) < 4.78 is 55.4. The highest BCUT2D eigenvalue weighted by atomic mass is 19.4. The lowest BCUT2D eigenvalue weighted by molar-refractivity contribution is -0.142. The van der Waals surface area contributed by atoms with Crippen LogP contribution in [0.25, 0.3) is 16.9 Å². The molecule has 1 aliphatic heterocycles. The van der Waals surface area contributed by atoms with Crippen molar-refractivity contribution in [1.29, 1.82) is 0 Å². The molecule has 1 amide bonds. The van der Waals surface area contributed by atoms with E-state index in [0.717, 1.165) is 24.7 Å². The molecule has 1 saturated heterocycles. The molecule has 186 valence electrons. The molecule has 0 unspecified atom stereocenters. The van der Waals surface area contributed by atoms with E-state index in [-0.39, 0.29) is 17.0 Å². The topological polar surface area (TPSA) is 53.7 Å². The number of aromatic nitrogens is 3. The number of benzene rings is 2. The van der Waals surface area contributed by atoms with Gasteiger partial charge in [-0.2, -0.15) is 18.3 Å². The smallest absolute Gasteiger partial charge is 0.335 e. The third-order valence-electron chi connectivity index (χ3n) is 6.22. The van der Waals surface area contributed by atoms with Crippen molar-refractivity contribution in [3.8, 4) is 11.3 Å². The van der Waals surface area contributed by atoms with E-state index in [9.17, 15) is 22.4 Å². The molecule has 0 bridgehead atoms. The van der Waals surface area contributed by atoms with Gasteiger partial charge in [-0.05, 0) is 42.8 Å². The van der Waals surface area contributed by atoms with Crippen LogP contribution in [-0.2, 0) is 12.7 Å². The molecule has 0 radical (unpaired) electrons. The van der Waals surface area contributed by atoms with Crippen LogP contribution >= 0.6 is 0 Å². The summed E-state index contributed by atoms with van der Waals surface area (Å²) in [6.07, 6.45) is -4.73. The lowest BCUT2D eigenvalue weighted by atomic mass is 10.1. The molecule has 0 spiro atoms. The third kappa shape index (κ3) is 4.94. The highest BCUT2D eigenvalue weighted by molar-refractivity contribution is 5.93. The van der Waals surface area contributed by atoms with Crippen molar-refractivity contribution >= 4 is 11.6 Å². The van der Waals surface area contributed by atoms with Crippen LogP contribution in [0.4, 0.5) is 17.6 Å². The maximum Gasteiger partial charge on any atom is 0.433 e. The maximum absolute atomic E-state index is 13.8. The number of carbonyl (C=O) groups excluding carboxylic acids is 1. The highest BCUT2D eigenvalue weighted by Crippen LogP contribution is 2.32. The molecule has 0 saturated carbocycles. The summed E-state index contributed by atoms with van der Waals surface area (Å²) in [6.45, 7) is 4.99. The van der Waals surface area contributed by atoms with Gasteiger partial charge in [0.25, 0.3) is 5.91 Å². The minimum Gasteiger partial charge on any atom is -0.335 e. The Labute approximate surface area is 204 Å². The predicted molar refractivity (Wildman–Crippen MR) is 126 cm³/mol. The number of nitrogens with zero attached hydrogens (tertiary/aromatic N) is 5. The van der Waals surface area contributed by atoms with Crippen LogP contribution in [0, 0.1) is 12.7 Å². The Kier molecular flexibility index (Phi) is 6.21. The first-order chi connectivity index (χ1) is 17.2. The highest BCUT2D eigenvalue weighted by Gasteiger charge is 2.36. The van der Waals surface area contributed by atoms with Crippen molar-refractivity contribution in [2.75, 3.05) is 26.2 Å². The van der Waals surface area contributed by atoms with Crippen molar-refractivity contribution in [2.24, 2.45) is 0 Å². The number of hydrogen-bond donors (Lipinski definition) is 0. The molecule has 10 heteroatoms. The molecular weight excluding hydrogens is 474 g/mol. The molecule has 1 aliphatic rings. The molecule has 4 aromatic rings. The molecule has 2 aromatic heterocycles. The van der Waals surface area contributed by atoms with E-state index in [2.05, 4.69) is 27.1 Å². The lowest BCUT2D eigenvalue weighted by Crippen LogP contribution is -2.48. The molecule has 1 fully saturated rings. The first-order valence-corrected chi connectivity index (χ1v) is 11.5. The Hall–Kier alpha value is -3.79. The number of fused-ring (bicyclic) bond motifs is 1. The lowest BCUT2D eigenvalue weighted by Gasteiger charge is -2.34. The van der Waals surface area contributed by atoms with Gasteiger partial charge >= 0.3 is 6.18 Å². The molecule has 3 heterocycles. The second-order valence-electron chi connectivity index (χ2n) is 8.89. The Morgan fingerprint density at radius 3 is 2.36 bits per heavy atom. The van der Waals surface area contributed by atoms with E-state index < -0.39 is 23.6 Å². The molecule has 6 nitrogen and oxygen atoms in total. The van der Waals surface area contributed by atoms with Gasteiger partial charge in [-0.25, -0.2) is 13.9 Å². The van der Waals surface area contributed by atoms with Crippen LogP contribution in [0.3, 0.4) is 0 Å². The number of alkyl halides is 3. The van der Waals surface area contributed by atoms with Crippen molar-refractivity contribution in [2.45, 2.75) is 19.6 Å². The Morgan fingerprint density at radius 2 is 1.69 bits per heavy atom. The summed E-state index contributed by atoms with van der Waals surface area (Å²) in [4.78, 5) is 21.2. The SMILES string of the molecule is Cc1cccc(CN2CCN(C(=O)c3cc4nc(-c5ccc(F)cc5)cc(C(F)(F)F)n4n3)CC2)c1. The summed E-state index contributed by atoms with van der Waals surface area (Å²) in [5, 5.41) is 3.97. The van der Waals surface area contributed by atoms with Gasteiger partial charge in [0.1, 0.15) is 5.82 Å². The summed E-state index contributed by atoms with van der Waals surface area (Å²) in [5.74, 6) is -0.945. The Bertz CT molecular complexity index is 1410. The molecule has 5 rings (SSSR count). The van der Waals surface area contributed by atoms with Crippen molar-refractivity contribution < 1.29 is 22.4 Å². The Balaban J connectivity index is 1.37. The zero-order valence-corrected chi connectivity index (χ0v) is 19.5. The average Bonchev–Trinajstić information content (AvgIpc) is 3.27. The third-order valence-corrected chi connectivity index (χ3v) is 6.22. The van der Waals surface area contributed by atoms with Crippen molar-refractivity contribution in [3.05, 3.63) is 89.0 Å². The minimum atomic E-state index is -4.73. The number of carbonyl (C=O) groups is 1. The second-order valence-corrected chi connectivity index (χ2v) is 8.89. The zero-order chi connectivity index (χ0) is 25.4. The van der Waals surface area contributed by atoms with Gasteiger partial charge in [0, 0.05) is 44.4 Å². The number of amides is 1. The quantitative estimate of drug-likeness (QED) is 0.380. The number of rotatable bonds is 4. The maximum atomic E-state index is 13.8. The van der Waals surface area contributed by atoms with Crippen LogP contribution in [0.5, 0.6) is 0 Å². The van der Waals surface area contributed by atoms with E-state index in [0.29, 0.717) is 36.3 Å². The minimum absolute atomic E-state index is 0.0125. The second kappa shape index (κ2) is 9.34. The fourth-order valence-corrected chi connectivity index (χ4v) is 4.39. The van der Waals surface area contributed by atoms with Gasteiger partial charge in [0.05, 0.1) is 5.69 Å². The molecule has 2 aromatic carbocycles. The van der Waals surface area contributed by atoms with Gasteiger partial charge in [0.15, 0.2) is 17.0 Å². The van der Waals surface area contributed by atoms with Crippen LogP contribution in [-0.4, -0.2) is 56.5 Å². The van der Waals surface area contributed by atoms with Gasteiger partial charge in [-0.15, -0.1) is 0 Å². The molecule has 36 heavy (non-hydrogen) atoms. The fraction of sp³-hybridized carbons (Fsp3) is 0.269. The van der Waals surface area contributed by atoms with Gasteiger partial charge < -0.3 is 4.90 Å². The van der Waals surface area contributed by atoms with Gasteiger partial charge in [-0.1, -0.05) is 29.8 Å². The number of hydrogen-bond acceptors (Lipinski definition) is 4. The first-order valence-electron chi connectivity index (χ1n) is 11.5. The van der Waals surface area contributed by atoms with E-state index >= 15 is 0 Å². The standard InChI is InChI=1S/C26H23F4N5O/c1-17-3-2-4-18(13-17)16-33-9-11-34(12-10-33)25(36)22-15-24-31-21(19-5-7-20(27)8-6-19)14-23(26(28,29)30)35(24)32-22/h2-8,13-15H,9-12,16H2,1H3. The number of aryl methyl sites for hydroxylation is 1. The Morgan fingerprint density at radius 1 is 0.972 bits per heavy atom. The zero-order valence-electron chi connectivity index (χ0n) is 19.5. The van der Waals surface area contributed by atoms with Crippen LogP contribution < -0.4 is 0 Å². The van der Waals surface area contributed by atoms with Crippen LogP contribution in [0.15, 0.2) is 60.7 Å².